The van der Waals surface area contributed by atoms with Crippen molar-refractivity contribution in [3.63, 3.8) is 0 Å². The Labute approximate surface area is 49.0 Å². The third kappa shape index (κ3) is 1.23. The summed E-state index contributed by atoms with van der Waals surface area (Å²) in [5.41, 5.74) is 0. The molecule has 7 heavy (non-hydrogen) atoms. The molecule has 0 nitrogen and oxygen atoms in total. The van der Waals surface area contributed by atoms with Gasteiger partial charge < -0.3 is 0 Å². The van der Waals surface area contributed by atoms with Crippen molar-refractivity contribution < 1.29 is 0 Å². The fraction of sp³-hybridized carbons (Fsp3) is 0.500. The lowest BCUT2D eigenvalue weighted by atomic mass is 10.3. The number of hydrogen-bond acceptors (Lipinski definition) is 1. The molecule has 0 aromatic rings. The third-order valence-corrected chi connectivity index (χ3v) is 2.02. The molecule has 0 spiro atoms. The second-order valence-corrected chi connectivity index (χ2v) is 3.37. The van der Waals surface area contributed by atoms with E-state index in [-0.39, 0.29) is 0 Å². The van der Waals surface area contributed by atoms with Gasteiger partial charge in [0.15, 0.2) is 0 Å². The van der Waals surface area contributed by atoms with Gasteiger partial charge in [0.25, 0.3) is 0 Å². The van der Waals surface area contributed by atoms with Crippen LogP contribution in [0, 0.1) is 5.25 Å². The quantitative estimate of drug-likeness (QED) is 0.465. The summed E-state index contributed by atoms with van der Waals surface area (Å²) < 4.78 is 0. The fourth-order valence-electron chi connectivity index (χ4n) is 0.646. The van der Waals surface area contributed by atoms with E-state index in [1.807, 2.05) is 11.8 Å². The number of rotatable bonds is 0. The number of hydrogen-bond donors (Lipinski definition) is 0. The van der Waals surface area contributed by atoms with E-state index < -0.39 is 0 Å². The van der Waals surface area contributed by atoms with Gasteiger partial charge in [0.05, 0.1) is 0 Å². The van der Waals surface area contributed by atoms with Crippen LogP contribution in [0.25, 0.3) is 0 Å². The summed E-state index contributed by atoms with van der Waals surface area (Å²) in [4.78, 5) is 1.46. The number of allylic oxidation sites excluding steroid dienone is 2. The lowest BCUT2D eigenvalue weighted by Gasteiger charge is -1.93. The van der Waals surface area contributed by atoms with E-state index in [9.17, 15) is 0 Å². The van der Waals surface area contributed by atoms with Gasteiger partial charge in [-0.1, -0.05) is 6.08 Å². The second-order valence-electron chi connectivity index (χ2n) is 1.82. The molecule has 0 atom stereocenters. The van der Waals surface area contributed by atoms with E-state index >= 15 is 0 Å². The summed E-state index contributed by atoms with van der Waals surface area (Å²) in [7, 11) is 0. The third-order valence-electron chi connectivity index (χ3n) is 1.01. The van der Waals surface area contributed by atoms with E-state index in [1.54, 1.807) is 0 Å². The van der Waals surface area contributed by atoms with Gasteiger partial charge >= 0.3 is 0 Å². The minimum Gasteiger partial charge on any atom is -0.123 e. The van der Waals surface area contributed by atoms with Gasteiger partial charge in [0.1, 0.15) is 0 Å². The van der Waals surface area contributed by atoms with Crippen LogP contribution in [-0.2, 0) is 0 Å². The van der Waals surface area contributed by atoms with Crippen molar-refractivity contribution in [1.82, 2.24) is 0 Å². The molecule has 39 valence electrons. The van der Waals surface area contributed by atoms with E-state index in [4.69, 9.17) is 0 Å². The van der Waals surface area contributed by atoms with Crippen LogP contribution in [0.1, 0.15) is 20.3 Å². The summed E-state index contributed by atoms with van der Waals surface area (Å²) in [6.07, 6.45) is 3.45. The molecule has 0 saturated heterocycles. The van der Waals surface area contributed by atoms with E-state index in [0.29, 0.717) is 0 Å². The lowest BCUT2D eigenvalue weighted by Crippen LogP contribution is -1.69. The van der Waals surface area contributed by atoms with Crippen LogP contribution in [0.15, 0.2) is 11.0 Å². The Balaban J connectivity index is 2.42. The standard InChI is InChI=1S/C6H9S/c1-5-3-4-6(2)7-5/h3H,4H2,1-2H3. The molecule has 0 aromatic carbocycles. The maximum atomic E-state index is 2.26. The predicted octanol–water partition coefficient (Wildman–Crippen LogP) is 2.58. The molecular weight excluding hydrogens is 104 g/mol. The molecular formula is C6H9S. The molecule has 0 bridgehead atoms. The molecule has 1 heteroatoms. The largest absolute Gasteiger partial charge is 0.123 e. The van der Waals surface area contributed by atoms with E-state index in [2.05, 4.69) is 19.9 Å². The van der Waals surface area contributed by atoms with Gasteiger partial charge in [0.2, 0.25) is 0 Å². The highest BCUT2D eigenvalue weighted by Crippen LogP contribution is 2.36. The SMILES string of the molecule is C[C]1CC=C(C)S1. The van der Waals surface area contributed by atoms with E-state index in [0.717, 1.165) is 0 Å². The minimum atomic E-state index is 1.19. The van der Waals surface area contributed by atoms with Gasteiger partial charge in [0, 0.05) is 5.25 Å². The molecule has 0 saturated carbocycles. The topological polar surface area (TPSA) is 0 Å². The van der Waals surface area contributed by atoms with Crippen molar-refractivity contribution >= 4 is 11.8 Å². The Morgan fingerprint density at radius 3 is 2.43 bits per heavy atom. The highest BCUT2D eigenvalue weighted by atomic mass is 32.2. The van der Waals surface area contributed by atoms with Crippen molar-refractivity contribution in [2.24, 2.45) is 0 Å². The predicted molar refractivity (Wildman–Crippen MR) is 34.9 cm³/mol. The second kappa shape index (κ2) is 1.91. The van der Waals surface area contributed by atoms with E-state index in [1.165, 1.54) is 16.6 Å². The van der Waals surface area contributed by atoms with Crippen molar-refractivity contribution in [1.29, 1.82) is 0 Å². The molecule has 0 aromatic heterocycles. The normalized spacial score (nSPS) is 22.9. The summed E-state index contributed by atoms with van der Waals surface area (Å²) in [5, 5.41) is 1.53. The van der Waals surface area contributed by atoms with Crippen LogP contribution < -0.4 is 0 Å². The molecule has 0 N–H and O–H groups in total. The Morgan fingerprint density at radius 2 is 2.29 bits per heavy atom. The zero-order chi connectivity index (χ0) is 5.28. The maximum absolute atomic E-state index is 2.26. The first-order chi connectivity index (χ1) is 3.29. The Bertz CT molecular complexity index is 94.4. The summed E-state index contributed by atoms with van der Waals surface area (Å²) in [6, 6.07) is 0. The molecule has 1 heterocycles. The molecule has 0 aliphatic carbocycles. The Morgan fingerprint density at radius 1 is 1.57 bits per heavy atom. The van der Waals surface area contributed by atoms with Crippen molar-refractivity contribution in [3.05, 3.63) is 16.2 Å². The summed E-state index contributed by atoms with van der Waals surface area (Å²) in [6.45, 7) is 4.33. The smallest absolute Gasteiger partial charge is 0.0360 e. The van der Waals surface area contributed by atoms with Crippen LogP contribution in [0.5, 0.6) is 0 Å². The van der Waals surface area contributed by atoms with Crippen molar-refractivity contribution in [2.75, 3.05) is 0 Å². The highest BCUT2D eigenvalue weighted by Gasteiger charge is 2.08. The van der Waals surface area contributed by atoms with Gasteiger partial charge in [-0.3, -0.25) is 0 Å². The monoisotopic (exact) mass is 113 g/mol. The van der Waals surface area contributed by atoms with Crippen LogP contribution in [0.2, 0.25) is 0 Å². The average Bonchev–Trinajstić information content (AvgIpc) is 1.87. The van der Waals surface area contributed by atoms with Gasteiger partial charge in [-0.05, 0) is 25.2 Å². The Kier molecular flexibility index (Phi) is 1.43. The van der Waals surface area contributed by atoms with Crippen LogP contribution in [-0.4, -0.2) is 0 Å². The lowest BCUT2D eigenvalue weighted by molar-refractivity contribution is 1.18. The minimum absolute atomic E-state index is 1.19. The van der Waals surface area contributed by atoms with Crippen LogP contribution >= 0.6 is 11.8 Å². The molecule has 1 radical (unpaired) electrons. The highest BCUT2D eigenvalue weighted by molar-refractivity contribution is 8.06. The summed E-state index contributed by atoms with van der Waals surface area (Å²) >= 11 is 1.90. The van der Waals surface area contributed by atoms with Crippen LogP contribution in [0.3, 0.4) is 0 Å². The first kappa shape index (κ1) is 5.23. The zero-order valence-corrected chi connectivity index (χ0v) is 5.51. The van der Waals surface area contributed by atoms with Crippen LogP contribution in [0.4, 0.5) is 0 Å². The summed E-state index contributed by atoms with van der Waals surface area (Å²) in [5.74, 6) is 0. The first-order valence-corrected chi connectivity index (χ1v) is 3.28. The van der Waals surface area contributed by atoms with Gasteiger partial charge in [-0.25, -0.2) is 0 Å². The molecule has 0 unspecified atom stereocenters. The van der Waals surface area contributed by atoms with Crippen molar-refractivity contribution in [2.45, 2.75) is 20.3 Å². The Hall–Kier alpha value is 0.0900. The average molecular weight is 113 g/mol. The number of thioether (sulfide) groups is 1. The molecule has 1 aliphatic heterocycles. The molecule has 0 fully saturated rings. The maximum Gasteiger partial charge on any atom is 0.0360 e. The van der Waals surface area contributed by atoms with Crippen molar-refractivity contribution in [3.8, 4) is 0 Å². The molecule has 1 aliphatic rings. The first-order valence-electron chi connectivity index (χ1n) is 2.46. The van der Waals surface area contributed by atoms with Gasteiger partial charge in [-0.2, -0.15) is 0 Å². The molecule has 1 rings (SSSR count). The fourth-order valence-corrected chi connectivity index (χ4v) is 1.53. The van der Waals surface area contributed by atoms with Gasteiger partial charge in [-0.15, -0.1) is 11.8 Å². The molecule has 0 amide bonds. The zero-order valence-electron chi connectivity index (χ0n) is 4.69.